The summed E-state index contributed by atoms with van der Waals surface area (Å²) in [7, 11) is 3.29. The van der Waals surface area contributed by atoms with Crippen molar-refractivity contribution in [2.75, 3.05) is 20.8 Å². The van der Waals surface area contributed by atoms with Gasteiger partial charge in [0.15, 0.2) is 11.6 Å². The molecule has 2 heterocycles. The summed E-state index contributed by atoms with van der Waals surface area (Å²) in [5.74, 6) is 1.18. The molecule has 2 aliphatic heterocycles. The van der Waals surface area contributed by atoms with Crippen molar-refractivity contribution in [2.24, 2.45) is 5.41 Å². The second-order valence-electron chi connectivity index (χ2n) is 9.45. The molecule has 1 spiro atoms. The van der Waals surface area contributed by atoms with Crippen molar-refractivity contribution in [3.63, 3.8) is 0 Å². The van der Waals surface area contributed by atoms with Crippen LogP contribution in [0.5, 0.6) is 11.5 Å². The molecule has 1 aliphatic carbocycles. The number of Topliss-reactive ketones (excluding diaryl/α,β-unsaturated/α-hetero) is 2. The Balaban J connectivity index is 1.60. The molecule has 0 unspecified atom stereocenters. The lowest BCUT2D eigenvalue weighted by molar-refractivity contribution is 0.0595. The van der Waals surface area contributed by atoms with Gasteiger partial charge in [0.05, 0.1) is 20.3 Å². The highest BCUT2D eigenvalue weighted by Gasteiger charge is 2.70. The van der Waals surface area contributed by atoms with E-state index >= 15 is 0 Å². The lowest BCUT2D eigenvalue weighted by Crippen LogP contribution is -2.43. The Morgan fingerprint density at radius 3 is 1.82 bits per heavy atom. The van der Waals surface area contributed by atoms with Crippen molar-refractivity contribution in [3.8, 4) is 11.5 Å². The second-order valence-corrected chi connectivity index (χ2v) is 9.45. The topological polar surface area (TPSA) is 55.8 Å². The minimum atomic E-state index is -1.20. The van der Waals surface area contributed by atoms with E-state index in [2.05, 4.69) is 4.90 Å². The number of carbonyl (C=O) groups excluding carboxylic acids is 2. The van der Waals surface area contributed by atoms with Crippen LogP contribution in [-0.4, -0.2) is 43.3 Å². The molecule has 3 aromatic carbocycles. The normalized spacial score (nSPS) is 24.9. The number of ketones is 2. The first-order valence-corrected chi connectivity index (χ1v) is 11.8. The van der Waals surface area contributed by atoms with Crippen LogP contribution in [0.25, 0.3) is 0 Å². The van der Waals surface area contributed by atoms with E-state index in [0.717, 1.165) is 42.0 Å². The number of methoxy groups -OCH3 is 2. The first kappa shape index (κ1) is 21.1. The van der Waals surface area contributed by atoms with E-state index in [9.17, 15) is 9.59 Å². The van der Waals surface area contributed by atoms with Gasteiger partial charge in [-0.1, -0.05) is 48.5 Å². The van der Waals surface area contributed by atoms with Crippen molar-refractivity contribution in [1.82, 2.24) is 4.90 Å². The summed E-state index contributed by atoms with van der Waals surface area (Å²) in [5.41, 5.74) is 1.90. The molecule has 0 amide bonds. The zero-order valence-electron chi connectivity index (χ0n) is 19.4. The first-order chi connectivity index (χ1) is 16.6. The van der Waals surface area contributed by atoms with Crippen molar-refractivity contribution in [2.45, 2.75) is 30.8 Å². The van der Waals surface area contributed by atoms with Crippen LogP contribution in [0.15, 0.2) is 72.8 Å². The van der Waals surface area contributed by atoms with E-state index in [1.165, 1.54) is 0 Å². The summed E-state index contributed by atoms with van der Waals surface area (Å²) in [6.45, 7) is 0.868. The molecule has 5 nitrogen and oxygen atoms in total. The number of fused-ring (bicyclic) bond motifs is 2. The van der Waals surface area contributed by atoms with E-state index in [4.69, 9.17) is 9.47 Å². The van der Waals surface area contributed by atoms with Crippen LogP contribution < -0.4 is 9.47 Å². The van der Waals surface area contributed by atoms with Gasteiger partial charge in [-0.25, -0.2) is 0 Å². The minimum Gasteiger partial charge on any atom is -0.497 e. The molecule has 0 radical (unpaired) electrons. The summed E-state index contributed by atoms with van der Waals surface area (Å²) >= 11 is 0. The monoisotopic (exact) mass is 453 g/mol. The van der Waals surface area contributed by atoms with Crippen LogP contribution >= 0.6 is 0 Å². The average Bonchev–Trinajstić information content (AvgIpc) is 3.52. The Hall–Kier alpha value is -3.44. The Bertz CT molecular complexity index is 1170. The number of nitrogens with zero attached hydrogens (tertiary/aromatic N) is 1. The first-order valence-electron chi connectivity index (χ1n) is 11.8. The Morgan fingerprint density at radius 2 is 1.29 bits per heavy atom. The molecule has 3 atom stereocenters. The third-order valence-electron chi connectivity index (χ3n) is 8.05. The molecule has 6 rings (SSSR count). The lowest BCUT2D eigenvalue weighted by atomic mass is 9.63. The molecule has 34 heavy (non-hydrogen) atoms. The molecule has 2 saturated heterocycles. The standard InChI is InChI=1S/C29H27NO4/c1-33-20-13-9-18(10-14-20)25-24-8-5-17-30(24)26(19-11-15-21(34-2)16-12-19)29(25)27(31)22-6-3-4-7-23(22)28(29)32/h3-4,6-7,9-16,24-26H,5,8,17H2,1-2H3/t24-,25-,26-/m0/s1. The summed E-state index contributed by atoms with van der Waals surface area (Å²) in [5, 5.41) is 0. The van der Waals surface area contributed by atoms with Crippen molar-refractivity contribution >= 4 is 11.6 Å². The SMILES string of the molecule is COc1ccc([C@@H]2N3CCC[C@H]3[C@H](c3ccc(OC)cc3)C23C(=O)c2ccccc2C3=O)cc1. The number of benzene rings is 3. The summed E-state index contributed by atoms with van der Waals surface area (Å²) in [6.07, 6.45) is 2.01. The van der Waals surface area contributed by atoms with Gasteiger partial charge in [-0.3, -0.25) is 14.5 Å². The molecule has 0 saturated carbocycles. The molecule has 0 N–H and O–H groups in total. The summed E-state index contributed by atoms with van der Waals surface area (Å²) in [6, 6.07) is 22.9. The molecular formula is C29H27NO4. The van der Waals surface area contributed by atoms with E-state index in [1.807, 2.05) is 72.8 Å². The fraction of sp³-hybridized carbons (Fsp3) is 0.310. The fourth-order valence-electron chi connectivity index (χ4n) is 6.72. The number of ether oxygens (including phenoxy) is 2. The quantitative estimate of drug-likeness (QED) is 0.516. The average molecular weight is 454 g/mol. The predicted octanol–water partition coefficient (Wildman–Crippen LogP) is 5.07. The van der Waals surface area contributed by atoms with E-state index < -0.39 is 5.41 Å². The summed E-state index contributed by atoms with van der Waals surface area (Å²) in [4.78, 5) is 31.2. The highest BCUT2D eigenvalue weighted by molar-refractivity contribution is 6.31. The third-order valence-corrected chi connectivity index (χ3v) is 8.05. The van der Waals surface area contributed by atoms with Gasteiger partial charge in [0.1, 0.15) is 16.9 Å². The van der Waals surface area contributed by atoms with Gasteiger partial charge in [0.2, 0.25) is 0 Å². The summed E-state index contributed by atoms with van der Waals surface area (Å²) < 4.78 is 10.8. The highest BCUT2D eigenvalue weighted by atomic mass is 16.5. The second kappa shape index (κ2) is 7.81. The van der Waals surface area contributed by atoms with Gasteiger partial charge in [-0.05, 0) is 54.8 Å². The lowest BCUT2D eigenvalue weighted by Gasteiger charge is -2.36. The van der Waals surface area contributed by atoms with Crippen molar-refractivity contribution < 1.29 is 19.1 Å². The van der Waals surface area contributed by atoms with Crippen LogP contribution in [0.3, 0.4) is 0 Å². The van der Waals surface area contributed by atoms with Gasteiger partial charge >= 0.3 is 0 Å². The molecule has 172 valence electrons. The van der Waals surface area contributed by atoms with Gasteiger partial charge in [-0.2, -0.15) is 0 Å². The highest BCUT2D eigenvalue weighted by Crippen LogP contribution is 2.65. The van der Waals surface area contributed by atoms with E-state index in [0.29, 0.717) is 11.1 Å². The van der Waals surface area contributed by atoms with Gasteiger partial charge in [0, 0.05) is 23.1 Å². The smallest absolute Gasteiger partial charge is 0.180 e. The molecule has 3 aliphatic rings. The maximum Gasteiger partial charge on any atom is 0.180 e. The largest absolute Gasteiger partial charge is 0.497 e. The Morgan fingerprint density at radius 1 is 0.765 bits per heavy atom. The van der Waals surface area contributed by atoms with Gasteiger partial charge in [0.25, 0.3) is 0 Å². The fourth-order valence-corrected chi connectivity index (χ4v) is 6.72. The molecule has 0 bridgehead atoms. The van der Waals surface area contributed by atoms with E-state index in [1.54, 1.807) is 14.2 Å². The Labute approximate surface area is 199 Å². The van der Waals surface area contributed by atoms with Crippen LogP contribution in [0.2, 0.25) is 0 Å². The van der Waals surface area contributed by atoms with Crippen LogP contribution in [0.4, 0.5) is 0 Å². The molecule has 5 heteroatoms. The third kappa shape index (κ3) is 2.70. The zero-order valence-corrected chi connectivity index (χ0v) is 19.4. The van der Waals surface area contributed by atoms with Crippen LogP contribution in [0, 0.1) is 5.41 Å². The van der Waals surface area contributed by atoms with Crippen molar-refractivity contribution in [3.05, 3.63) is 95.1 Å². The number of hydrogen-bond acceptors (Lipinski definition) is 5. The Kier molecular flexibility index (Phi) is 4.85. The van der Waals surface area contributed by atoms with Crippen molar-refractivity contribution in [1.29, 1.82) is 0 Å². The van der Waals surface area contributed by atoms with Gasteiger partial charge < -0.3 is 9.47 Å². The number of hydrogen-bond donors (Lipinski definition) is 0. The predicted molar refractivity (Wildman–Crippen MR) is 129 cm³/mol. The number of carbonyl (C=O) groups is 2. The van der Waals surface area contributed by atoms with E-state index in [-0.39, 0.29) is 29.6 Å². The molecule has 2 fully saturated rings. The van der Waals surface area contributed by atoms with Crippen LogP contribution in [0.1, 0.15) is 56.6 Å². The number of rotatable bonds is 4. The maximum atomic E-state index is 14.4. The molecule has 3 aromatic rings. The van der Waals surface area contributed by atoms with Gasteiger partial charge in [-0.15, -0.1) is 0 Å². The van der Waals surface area contributed by atoms with Crippen LogP contribution in [-0.2, 0) is 0 Å². The molecular weight excluding hydrogens is 426 g/mol. The molecule has 0 aromatic heterocycles. The minimum absolute atomic E-state index is 0.0517. The zero-order chi connectivity index (χ0) is 23.4. The maximum absolute atomic E-state index is 14.4.